The molecule has 0 aliphatic rings. The fourth-order valence-electron chi connectivity index (χ4n) is 1.87. The lowest BCUT2D eigenvalue weighted by Gasteiger charge is -2.17. The van der Waals surface area contributed by atoms with Crippen LogP contribution in [0, 0.1) is 5.82 Å². The standard InChI is InChI=1S/C14H21FN2O2/c1-17(7-3-4-14(18)19-2)10-11-5-6-13(15)12(8-11)9-16/h5-6,8H,3-4,7,9-10,16H2,1-2H3. The summed E-state index contributed by atoms with van der Waals surface area (Å²) < 4.78 is 17.9. The third kappa shape index (κ3) is 5.36. The molecular weight excluding hydrogens is 247 g/mol. The minimum absolute atomic E-state index is 0.194. The first kappa shape index (κ1) is 15.6. The number of ether oxygens (including phenoxy) is 1. The number of rotatable bonds is 7. The number of halogens is 1. The number of hydrogen-bond acceptors (Lipinski definition) is 4. The normalized spacial score (nSPS) is 10.8. The van der Waals surface area contributed by atoms with Crippen molar-refractivity contribution < 1.29 is 13.9 Å². The maximum atomic E-state index is 13.3. The van der Waals surface area contributed by atoms with Gasteiger partial charge in [0.2, 0.25) is 0 Å². The summed E-state index contributed by atoms with van der Waals surface area (Å²) in [6.45, 7) is 1.69. The highest BCUT2D eigenvalue weighted by molar-refractivity contribution is 5.69. The predicted molar refractivity (Wildman–Crippen MR) is 71.9 cm³/mol. The van der Waals surface area contributed by atoms with E-state index in [-0.39, 0.29) is 18.3 Å². The second-order valence-corrected chi connectivity index (χ2v) is 4.55. The van der Waals surface area contributed by atoms with Crippen molar-refractivity contribution in [3.05, 3.63) is 35.1 Å². The number of benzene rings is 1. The fraction of sp³-hybridized carbons (Fsp3) is 0.500. The van der Waals surface area contributed by atoms with Gasteiger partial charge in [-0.1, -0.05) is 12.1 Å². The third-order valence-electron chi connectivity index (χ3n) is 2.93. The van der Waals surface area contributed by atoms with Crippen molar-refractivity contribution in [3.8, 4) is 0 Å². The van der Waals surface area contributed by atoms with Crippen molar-refractivity contribution in [2.24, 2.45) is 5.73 Å². The number of nitrogens with zero attached hydrogens (tertiary/aromatic N) is 1. The molecule has 5 heteroatoms. The largest absolute Gasteiger partial charge is 0.469 e. The number of esters is 1. The molecule has 0 aromatic heterocycles. The van der Waals surface area contributed by atoms with E-state index in [1.54, 1.807) is 12.1 Å². The van der Waals surface area contributed by atoms with Gasteiger partial charge >= 0.3 is 5.97 Å². The molecule has 1 rings (SSSR count). The smallest absolute Gasteiger partial charge is 0.305 e. The summed E-state index contributed by atoms with van der Waals surface area (Å²) in [4.78, 5) is 13.1. The van der Waals surface area contributed by atoms with Crippen LogP contribution in [-0.2, 0) is 22.6 Å². The molecule has 0 bridgehead atoms. The van der Waals surface area contributed by atoms with E-state index in [9.17, 15) is 9.18 Å². The predicted octanol–water partition coefficient (Wildman–Crippen LogP) is 1.67. The molecule has 0 heterocycles. The first-order chi connectivity index (χ1) is 9.06. The molecule has 0 spiro atoms. The molecule has 0 fully saturated rings. The van der Waals surface area contributed by atoms with Crippen LogP contribution in [0.5, 0.6) is 0 Å². The first-order valence-corrected chi connectivity index (χ1v) is 6.29. The molecular formula is C14H21FN2O2. The SMILES string of the molecule is COC(=O)CCCN(C)Cc1ccc(F)c(CN)c1. The summed E-state index contributed by atoms with van der Waals surface area (Å²) in [6.07, 6.45) is 1.16. The van der Waals surface area contributed by atoms with Gasteiger partial charge in [0.1, 0.15) is 5.82 Å². The highest BCUT2D eigenvalue weighted by Gasteiger charge is 2.06. The Kier molecular flexibility index (Phi) is 6.45. The topological polar surface area (TPSA) is 55.6 Å². The molecule has 4 nitrogen and oxygen atoms in total. The van der Waals surface area contributed by atoms with E-state index in [1.807, 2.05) is 7.05 Å². The van der Waals surface area contributed by atoms with Gasteiger partial charge in [0.25, 0.3) is 0 Å². The van der Waals surface area contributed by atoms with E-state index in [4.69, 9.17) is 5.73 Å². The van der Waals surface area contributed by atoms with Crippen LogP contribution in [0.25, 0.3) is 0 Å². The van der Waals surface area contributed by atoms with Crippen LogP contribution in [0.1, 0.15) is 24.0 Å². The lowest BCUT2D eigenvalue weighted by atomic mass is 10.1. The van der Waals surface area contributed by atoms with Crippen molar-refractivity contribution >= 4 is 5.97 Å². The van der Waals surface area contributed by atoms with Crippen LogP contribution in [0.4, 0.5) is 4.39 Å². The van der Waals surface area contributed by atoms with Gasteiger partial charge in [-0.05, 0) is 31.6 Å². The fourth-order valence-corrected chi connectivity index (χ4v) is 1.87. The summed E-state index contributed by atoms with van der Waals surface area (Å²) in [5.74, 6) is -0.458. The number of nitrogens with two attached hydrogens (primary N) is 1. The highest BCUT2D eigenvalue weighted by atomic mass is 19.1. The summed E-state index contributed by atoms with van der Waals surface area (Å²) in [5, 5.41) is 0. The molecule has 0 radical (unpaired) electrons. The summed E-state index contributed by atoms with van der Waals surface area (Å²) in [5.41, 5.74) is 7.02. The Bertz CT molecular complexity index is 424. The summed E-state index contributed by atoms with van der Waals surface area (Å²) in [7, 11) is 3.35. The van der Waals surface area contributed by atoms with Crippen LogP contribution in [0.2, 0.25) is 0 Å². The summed E-state index contributed by atoms with van der Waals surface area (Å²) >= 11 is 0. The van der Waals surface area contributed by atoms with Gasteiger partial charge in [-0.25, -0.2) is 4.39 Å². The molecule has 0 atom stereocenters. The van der Waals surface area contributed by atoms with Gasteiger partial charge in [-0.2, -0.15) is 0 Å². The van der Waals surface area contributed by atoms with Gasteiger partial charge < -0.3 is 15.4 Å². The van der Waals surface area contributed by atoms with Crippen LogP contribution in [0.3, 0.4) is 0 Å². The summed E-state index contributed by atoms with van der Waals surface area (Å²) in [6, 6.07) is 4.98. The van der Waals surface area contributed by atoms with Crippen molar-refractivity contribution in [3.63, 3.8) is 0 Å². The van der Waals surface area contributed by atoms with E-state index in [0.717, 1.165) is 18.5 Å². The second-order valence-electron chi connectivity index (χ2n) is 4.55. The van der Waals surface area contributed by atoms with Gasteiger partial charge in [0.15, 0.2) is 0 Å². The van der Waals surface area contributed by atoms with E-state index in [1.165, 1.54) is 13.2 Å². The van der Waals surface area contributed by atoms with Gasteiger partial charge in [-0.3, -0.25) is 4.79 Å². The zero-order valence-electron chi connectivity index (χ0n) is 11.5. The Balaban J connectivity index is 2.43. The Labute approximate surface area is 113 Å². The molecule has 0 aliphatic heterocycles. The maximum Gasteiger partial charge on any atom is 0.305 e. The average Bonchev–Trinajstić information content (AvgIpc) is 2.40. The number of methoxy groups -OCH3 is 1. The molecule has 1 aromatic carbocycles. The number of carbonyl (C=O) groups is 1. The minimum atomic E-state index is -0.264. The lowest BCUT2D eigenvalue weighted by Crippen LogP contribution is -2.20. The molecule has 0 saturated carbocycles. The highest BCUT2D eigenvalue weighted by Crippen LogP contribution is 2.12. The number of hydrogen-bond donors (Lipinski definition) is 1. The Morgan fingerprint density at radius 1 is 1.47 bits per heavy atom. The van der Waals surface area contributed by atoms with Crippen molar-refractivity contribution in [2.45, 2.75) is 25.9 Å². The van der Waals surface area contributed by atoms with E-state index >= 15 is 0 Å². The van der Waals surface area contributed by atoms with Gasteiger partial charge in [-0.15, -0.1) is 0 Å². The first-order valence-electron chi connectivity index (χ1n) is 6.29. The second kappa shape index (κ2) is 7.86. The van der Waals surface area contributed by atoms with Crippen molar-refractivity contribution in [1.82, 2.24) is 4.90 Å². The molecule has 0 unspecified atom stereocenters. The quantitative estimate of drug-likeness (QED) is 0.764. The van der Waals surface area contributed by atoms with E-state index < -0.39 is 0 Å². The van der Waals surface area contributed by atoms with Gasteiger partial charge in [0.05, 0.1) is 7.11 Å². The maximum absolute atomic E-state index is 13.3. The van der Waals surface area contributed by atoms with Crippen LogP contribution < -0.4 is 5.73 Å². The zero-order chi connectivity index (χ0) is 14.3. The Morgan fingerprint density at radius 3 is 2.84 bits per heavy atom. The number of carbonyl (C=O) groups excluding carboxylic acids is 1. The average molecular weight is 268 g/mol. The molecule has 106 valence electrons. The van der Waals surface area contributed by atoms with E-state index in [2.05, 4.69) is 9.64 Å². The molecule has 0 aliphatic carbocycles. The molecule has 19 heavy (non-hydrogen) atoms. The zero-order valence-corrected chi connectivity index (χ0v) is 11.5. The molecule has 2 N–H and O–H groups in total. The molecule has 1 aromatic rings. The van der Waals surface area contributed by atoms with Crippen LogP contribution >= 0.6 is 0 Å². The van der Waals surface area contributed by atoms with Gasteiger partial charge in [0, 0.05) is 25.1 Å². The van der Waals surface area contributed by atoms with Crippen molar-refractivity contribution in [2.75, 3.05) is 20.7 Å². The Hall–Kier alpha value is -1.46. The van der Waals surface area contributed by atoms with Crippen molar-refractivity contribution in [1.29, 1.82) is 0 Å². The third-order valence-corrected chi connectivity index (χ3v) is 2.93. The lowest BCUT2D eigenvalue weighted by molar-refractivity contribution is -0.140. The monoisotopic (exact) mass is 268 g/mol. The molecule has 0 saturated heterocycles. The van der Waals surface area contributed by atoms with E-state index in [0.29, 0.717) is 18.5 Å². The Morgan fingerprint density at radius 2 is 2.21 bits per heavy atom. The minimum Gasteiger partial charge on any atom is -0.469 e. The van der Waals surface area contributed by atoms with Crippen LogP contribution in [-0.4, -0.2) is 31.6 Å². The van der Waals surface area contributed by atoms with Crippen LogP contribution in [0.15, 0.2) is 18.2 Å². The molecule has 0 amide bonds.